The molecular formula is C18H31N5O2. The predicted octanol–water partition coefficient (Wildman–Crippen LogP) is 2.26. The molecule has 2 heterocycles. The molecule has 1 aromatic rings. The number of nitrogens with zero attached hydrogens (tertiary/aromatic N) is 3. The van der Waals surface area contributed by atoms with E-state index in [1.165, 1.54) is 19.3 Å². The van der Waals surface area contributed by atoms with Crippen molar-refractivity contribution >= 4 is 5.97 Å². The second-order valence-corrected chi connectivity index (χ2v) is 7.99. The molecule has 1 aliphatic carbocycles. The number of carbonyl (C=O) groups is 1. The molecule has 1 saturated heterocycles. The van der Waals surface area contributed by atoms with Crippen molar-refractivity contribution < 1.29 is 9.53 Å². The van der Waals surface area contributed by atoms with Crippen LogP contribution in [0.25, 0.3) is 0 Å². The molecule has 3 rings (SSSR count). The summed E-state index contributed by atoms with van der Waals surface area (Å²) in [6.07, 6.45) is 8.61. The summed E-state index contributed by atoms with van der Waals surface area (Å²) in [5.74, 6) is 2.80. The average Bonchev–Trinajstić information content (AvgIpc) is 3.13. The molecule has 25 heavy (non-hydrogen) atoms. The van der Waals surface area contributed by atoms with E-state index < -0.39 is 5.54 Å². The number of unbranched alkanes of at least 4 members (excludes halogenated alkanes) is 1. The van der Waals surface area contributed by atoms with Crippen molar-refractivity contribution in [3.8, 4) is 0 Å². The van der Waals surface area contributed by atoms with Crippen LogP contribution in [0.1, 0.15) is 64.6 Å². The van der Waals surface area contributed by atoms with Crippen LogP contribution in [0.3, 0.4) is 0 Å². The molecule has 0 radical (unpaired) electrons. The van der Waals surface area contributed by atoms with Gasteiger partial charge in [-0.05, 0) is 73.8 Å². The van der Waals surface area contributed by atoms with Crippen molar-refractivity contribution in [2.24, 2.45) is 17.8 Å². The number of aromatic nitrogens is 4. The third-order valence-electron chi connectivity index (χ3n) is 6.03. The van der Waals surface area contributed by atoms with Gasteiger partial charge in [-0.3, -0.25) is 4.79 Å². The lowest BCUT2D eigenvalue weighted by atomic mass is 9.66. The summed E-state index contributed by atoms with van der Waals surface area (Å²) in [7, 11) is 0. The highest BCUT2D eigenvalue weighted by Crippen LogP contribution is 2.42. The highest BCUT2D eigenvalue weighted by molar-refractivity contribution is 5.80. The van der Waals surface area contributed by atoms with Gasteiger partial charge in [0.05, 0.1) is 6.61 Å². The van der Waals surface area contributed by atoms with Gasteiger partial charge in [-0.25, -0.2) is 5.10 Å². The van der Waals surface area contributed by atoms with Crippen LogP contribution in [0.5, 0.6) is 0 Å². The van der Waals surface area contributed by atoms with Gasteiger partial charge < -0.3 is 10.1 Å². The van der Waals surface area contributed by atoms with E-state index >= 15 is 0 Å². The zero-order chi connectivity index (χ0) is 17.7. The van der Waals surface area contributed by atoms with Crippen molar-refractivity contribution in [3.05, 3.63) is 5.82 Å². The van der Waals surface area contributed by atoms with Crippen LogP contribution < -0.4 is 5.32 Å². The van der Waals surface area contributed by atoms with Crippen molar-refractivity contribution in [2.75, 3.05) is 13.2 Å². The summed E-state index contributed by atoms with van der Waals surface area (Å²) in [5, 5.41) is 17.6. The Labute approximate surface area is 149 Å². The maximum absolute atomic E-state index is 12.5. The van der Waals surface area contributed by atoms with Crippen LogP contribution in [-0.4, -0.2) is 45.3 Å². The van der Waals surface area contributed by atoms with E-state index in [4.69, 9.17) is 4.74 Å². The Morgan fingerprint density at radius 1 is 1.36 bits per heavy atom. The van der Waals surface area contributed by atoms with Crippen molar-refractivity contribution in [1.29, 1.82) is 0 Å². The molecule has 0 bridgehead atoms. The molecule has 0 spiro atoms. The van der Waals surface area contributed by atoms with E-state index in [-0.39, 0.29) is 5.97 Å². The smallest absolute Gasteiger partial charge is 0.326 e. The van der Waals surface area contributed by atoms with Gasteiger partial charge in [-0.15, -0.1) is 5.10 Å². The maximum atomic E-state index is 12.5. The van der Waals surface area contributed by atoms with Gasteiger partial charge in [-0.2, -0.15) is 0 Å². The molecule has 2 fully saturated rings. The first-order valence-corrected chi connectivity index (χ1v) is 9.75. The first kappa shape index (κ1) is 18.3. The van der Waals surface area contributed by atoms with Crippen molar-refractivity contribution in [2.45, 2.75) is 70.8 Å². The Kier molecular flexibility index (Phi) is 6.04. The van der Waals surface area contributed by atoms with Crippen LogP contribution in [0.15, 0.2) is 0 Å². The summed E-state index contributed by atoms with van der Waals surface area (Å²) in [5.41, 5.74) is -0.522. The van der Waals surface area contributed by atoms with Gasteiger partial charge in [0.15, 0.2) is 0 Å². The standard InChI is InChI=1S/C18H31N5O2/c1-3-4-9-25-17(24)18(2)11-15-10-13(5-7-14(15)12-19-18)6-8-16-20-22-23-21-16/h13-15,19H,3-12H2,1-2H3,(H,20,21,22,23)/t13-,14+,15-,18+/m1/s1. The summed E-state index contributed by atoms with van der Waals surface area (Å²) < 4.78 is 5.50. The molecule has 2 N–H and O–H groups in total. The summed E-state index contributed by atoms with van der Waals surface area (Å²) in [4.78, 5) is 12.5. The number of piperidine rings is 1. The molecule has 2 aliphatic rings. The molecule has 140 valence electrons. The fourth-order valence-electron chi connectivity index (χ4n) is 4.41. The van der Waals surface area contributed by atoms with E-state index in [1.807, 2.05) is 6.92 Å². The highest BCUT2D eigenvalue weighted by Gasteiger charge is 2.45. The Morgan fingerprint density at radius 3 is 3.00 bits per heavy atom. The lowest BCUT2D eigenvalue weighted by Gasteiger charge is -2.46. The molecule has 0 amide bonds. The fourth-order valence-corrected chi connectivity index (χ4v) is 4.41. The Bertz CT molecular complexity index is 550. The quantitative estimate of drug-likeness (QED) is 0.579. The second kappa shape index (κ2) is 8.25. The number of esters is 1. The minimum Gasteiger partial charge on any atom is -0.464 e. The van der Waals surface area contributed by atoms with Gasteiger partial charge in [0.1, 0.15) is 11.4 Å². The van der Waals surface area contributed by atoms with Crippen LogP contribution in [0, 0.1) is 17.8 Å². The number of rotatable bonds is 7. The lowest BCUT2D eigenvalue weighted by Crippen LogP contribution is -2.58. The van der Waals surface area contributed by atoms with E-state index in [0.717, 1.165) is 44.5 Å². The molecule has 0 unspecified atom stereocenters. The monoisotopic (exact) mass is 349 g/mol. The van der Waals surface area contributed by atoms with Crippen LogP contribution in [0.2, 0.25) is 0 Å². The molecule has 7 nitrogen and oxygen atoms in total. The number of H-pyrrole nitrogens is 1. The van der Waals surface area contributed by atoms with Crippen LogP contribution in [-0.2, 0) is 16.0 Å². The van der Waals surface area contributed by atoms with Crippen LogP contribution >= 0.6 is 0 Å². The van der Waals surface area contributed by atoms with E-state index in [0.29, 0.717) is 24.4 Å². The van der Waals surface area contributed by atoms with Crippen molar-refractivity contribution in [3.63, 3.8) is 0 Å². The fraction of sp³-hybridized carbons (Fsp3) is 0.889. The molecular weight excluding hydrogens is 318 g/mol. The topological polar surface area (TPSA) is 92.8 Å². The number of fused-ring (bicyclic) bond motifs is 1. The molecule has 1 aliphatic heterocycles. The average molecular weight is 349 g/mol. The van der Waals surface area contributed by atoms with E-state index in [2.05, 4.69) is 32.9 Å². The number of nitrogens with one attached hydrogen (secondary N) is 2. The third kappa shape index (κ3) is 4.57. The van der Waals surface area contributed by atoms with Gasteiger partial charge >= 0.3 is 5.97 Å². The first-order valence-electron chi connectivity index (χ1n) is 9.75. The number of tetrazole rings is 1. The molecule has 1 aromatic heterocycles. The second-order valence-electron chi connectivity index (χ2n) is 7.99. The van der Waals surface area contributed by atoms with E-state index in [9.17, 15) is 4.79 Å². The molecule has 4 atom stereocenters. The minimum absolute atomic E-state index is 0.0748. The Morgan fingerprint density at radius 2 is 2.24 bits per heavy atom. The molecule has 7 heteroatoms. The highest BCUT2D eigenvalue weighted by atomic mass is 16.5. The van der Waals surface area contributed by atoms with Gasteiger partial charge in [0.2, 0.25) is 0 Å². The number of hydrogen-bond donors (Lipinski definition) is 2. The van der Waals surface area contributed by atoms with Gasteiger partial charge in [0, 0.05) is 6.42 Å². The molecule has 1 saturated carbocycles. The number of carbonyl (C=O) groups excluding carboxylic acids is 1. The normalized spacial score (nSPS) is 32.2. The van der Waals surface area contributed by atoms with E-state index in [1.54, 1.807) is 0 Å². The van der Waals surface area contributed by atoms with Crippen molar-refractivity contribution in [1.82, 2.24) is 25.9 Å². The van der Waals surface area contributed by atoms with Crippen LogP contribution in [0.4, 0.5) is 0 Å². The summed E-state index contributed by atoms with van der Waals surface area (Å²) in [6, 6.07) is 0. The zero-order valence-corrected chi connectivity index (χ0v) is 15.5. The maximum Gasteiger partial charge on any atom is 0.326 e. The van der Waals surface area contributed by atoms with Gasteiger partial charge in [-0.1, -0.05) is 19.8 Å². The Balaban J connectivity index is 1.51. The number of aryl methyl sites for hydroxylation is 1. The van der Waals surface area contributed by atoms with Gasteiger partial charge in [0.25, 0.3) is 0 Å². The third-order valence-corrected chi connectivity index (χ3v) is 6.03. The predicted molar refractivity (Wildman–Crippen MR) is 93.7 cm³/mol. The first-order chi connectivity index (χ1) is 12.1. The number of hydrogen-bond acceptors (Lipinski definition) is 6. The largest absolute Gasteiger partial charge is 0.464 e. The Hall–Kier alpha value is -1.50. The summed E-state index contributed by atoms with van der Waals surface area (Å²) >= 11 is 0. The zero-order valence-electron chi connectivity index (χ0n) is 15.5. The molecule has 0 aromatic carbocycles. The minimum atomic E-state index is -0.522. The number of ether oxygens (including phenoxy) is 1. The number of aromatic amines is 1. The lowest BCUT2D eigenvalue weighted by molar-refractivity contribution is -0.154. The SMILES string of the molecule is CCCCOC(=O)[C@]1(C)C[C@H]2C[C@@H](CCc3nnn[nH]3)CC[C@H]2CN1. The summed E-state index contributed by atoms with van der Waals surface area (Å²) in [6.45, 7) is 5.59.